The van der Waals surface area contributed by atoms with Crippen molar-refractivity contribution in [1.29, 1.82) is 0 Å². The Labute approximate surface area is 137 Å². The minimum Gasteiger partial charge on any atom is -0.374 e. The maximum Gasteiger partial charge on any atom is 0.321 e. The monoisotopic (exact) mass is 318 g/mol. The highest BCUT2D eigenvalue weighted by atomic mass is 16.5. The second-order valence-electron chi connectivity index (χ2n) is 6.72. The van der Waals surface area contributed by atoms with E-state index in [0.29, 0.717) is 12.5 Å². The minimum atomic E-state index is -0.0561. The molecular formula is C17H26N4O2. The molecule has 2 amide bonds. The van der Waals surface area contributed by atoms with Crippen molar-refractivity contribution in [2.24, 2.45) is 5.92 Å². The lowest BCUT2D eigenvalue weighted by molar-refractivity contribution is -0.0302. The van der Waals surface area contributed by atoms with E-state index in [4.69, 9.17) is 4.74 Å². The number of ether oxygens (including phenoxy) is 1. The number of morpholine rings is 1. The Balaban J connectivity index is 1.60. The quantitative estimate of drug-likeness (QED) is 0.902. The van der Waals surface area contributed by atoms with Gasteiger partial charge in [0.05, 0.1) is 24.6 Å². The van der Waals surface area contributed by atoms with E-state index < -0.39 is 0 Å². The highest BCUT2D eigenvalue weighted by Crippen LogP contribution is 2.30. The van der Waals surface area contributed by atoms with Crippen LogP contribution in [-0.4, -0.2) is 66.8 Å². The molecule has 2 aliphatic rings. The van der Waals surface area contributed by atoms with Crippen molar-refractivity contribution >= 4 is 11.7 Å². The predicted octanol–water partition coefficient (Wildman–Crippen LogP) is 1.96. The number of urea groups is 1. The van der Waals surface area contributed by atoms with Gasteiger partial charge in [-0.15, -0.1) is 0 Å². The number of anilines is 1. The van der Waals surface area contributed by atoms with Gasteiger partial charge in [-0.2, -0.15) is 0 Å². The summed E-state index contributed by atoms with van der Waals surface area (Å²) >= 11 is 0. The van der Waals surface area contributed by atoms with E-state index in [-0.39, 0.29) is 12.1 Å². The summed E-state index contributed by atoms with van der Waals surface area (Å²) in [6.07, 6.45) is 4.24. The fourth-order valence-corrected chi connectivity index (χ4v) is 2.82. The van der Waals surface area contributed by atoms with Crippen LogP contribution in [0.3, 0.4) is 0 Å². The number of pyridine rings is 1. The Morgan fingerprint density at radius 3 is 2.91 bits per heavy atom. The van der Waals surface area contributed by atoms with Gasteiger partial charge in [0.1, 0.15) is 0 Å². The summed E-state index contributed by atoms with van der Waals surface area (Å²) < 4.78 is 5.82. The van der Waals surface area contributed by atoms with Crippen LogP contribution in [0.4, 0.5) is 10.5 Å². The number of amides is 2. The normalized spacial score (nSPS) is 21.9. The van der Waals surface area contributed by atoms with Crippen molar-refractivity contribution in [2.45, 2.75) is 25.9 Å². The van der Waals surface area contributed by atoms with Gasteiger partial charge in [0, 0.05) is 31.9 Å². The molecule has 0 unspecified atom stereocenters. The fraction of sp³-hybridized carbons (Fsp3) is 0.647. The van der Waals surface area contributed by atoms with Crippen molar-refractivity contribution in [3.05, 3.63) is 24.0 Å². The van der Waals surface area contributed by atoms with Gasteiger partial charge < -0.3 is 19.9 Å². The van der Waals surface area contributed by atoms with Crippen LogP contribution in [0.25, 0.3) is 0 Å². The summed E-state index contributed by atoms with van der Waals surface area (Å²) in [5, 5.41) is 2.96. The number of nitrogens with one attached hydrogen (secondary N) is 1. The van der Waals surface area contributed by atoms with Crippen LogP contribution in [-0.2, 0) is 4.74 Å². The lowest BCUT2D eigenvalue weighted by Gasteiger charge is -2.34. The highest BCUT2D eigenvalue weighted by molar-refractivity contribution is 5.89. The van der Waals surface area contributed by atoms with Crippen LogP contribution < -0.4 is 5.32 Å². The van der Waals surface area contributed by atoms with Crippen LogP contribution in [0.2, 0.25) is 0 Å². The van der Waals surface area contributed by atoms with Gasteiger partial charge in [-0.1, -0.05) is 0 Å². The third-order valence-electron chi connectivity index (χ3n) is 4.39. The Kier molecular flexibility index (Phi) is 5.13. The molecule has 6 heteroatoms. The second-order valence-corrected chi connectivity index (χ2v) is 6.72. The van der Waals surface area contributed by atoms with Crippen molar-refractivity contribution in [3.8, 4) is 0 Å². The van der Waals surface area contributed by atoms with E-state index in [1.54, 1.807) is 6.20 Å². The van der Waals surface area contributed by atoms with Crippen molar-refractivity contribution in [3.63, 3.8) is 0 Å². The summed E-state index contributed by atoms with van der Waals surface area (Å²) in [6, 6.07) is 3.74. The van der Waals surface area contributed by atoms with E-state index >= 15 is 0 Å². The SMILES string of the molecule is Cc1ccc(NC(=O)N(CC2CC2)C[C@@H]2CN(C)CCO2)cn1. The lowest BCUT2D eigenvalue weighted by atomic mass is 10.2. The standard InChI is InChI=1S/C17H26N4O2/c1-13-3-6-15(9-18-13)19-17(22)21(10-14-4-5-14)12-16-11-20(2)7-8-23-16/h3,6,9,14,16H,4-5,7-8,10-12H2,1-2H3,(H,19,22)/t16-/m0/s1. The summed E-state index contributed by atoms with van der Waals surface area (Å²) in [5.41, 5.74) is 1.68. The average Bonchev–Trinajstić information content (AvgIpc) is 3.33. The molecule has 2 heterocycles. The largest absolute Gasteiger partial charge is 0.374 e. The van der Waals surface area contributed by atoms with Crippen LogP contribution in [0.15, 0.2) is 18.3 Å². The number of nitrogens with zero attached hydrogens (tertiary/aromatic N) is 3. The molecule has 126 valence electrons. The number of hydrogen-bond donors (Lipinski definition) is 1. The average molecular weight is 318 g/mol. The van der Waals surface area contributed by atoms with Crippen LogP contribution in [0.5, 0.6) is 0 Å². The first kappa shape index (κ1) is 16.2. The number of carbonyl (C=O) groups is 1. The first-order valence-electron chi connectivity index (χ1n) is 8.39. The molecule has 3 rings (SSSR count). The van der Waals surface area contributed by atoms with Crippen molar-refractivity contribution < 1.29 is 9.53 Å². The van der Waals surface area contributed by atoms with Gasteiger partial charge >= 0.3 is 6.03 Å². The smallest absolute Gasteiger partial charge is 0.321 e. The molecule has 1 aromatic heterocycles. The first-order valence-corrected chi connectivity index (χ1v) is 8.39. The molecule has 1 atom stereocenters. The molecular weight excluding hydrogens is 292 g/mol. The molecule has 0 bridgehead atoms. The van der Waals surface area contributed by atoms with E-state index in [1.807, 2.05) is 24.0 Å². The Bertz CT molecular complexity index is 530. The number of carbonyl (C=O) groups excluding carboxylic acids is 1. The van der Waals surface area contributed by atoms with E-state index in [1.165, 1.54) is 12.8 Å². The molecule has 0 aromatic carbocycles. The topological polar surface area (TPSA) is 57.7 Å². The van der Waals surface area contributed by atoms with E-state index in [0.717, 1.165) is 37.6 Å². The molecule has 1 N–H and O–H groups in total. The third kappa shape index (κ3) is 4.91. The first-order chi connectivity index (χ1) is 11.1. The number of likely N-dealkylation sites (N-methyl/N-ethyl adjacent to an activating group) is 1. The zero-order valence-electron chi connectivity index (χ0n) is 14.0. The second kappa shape index (κ2) is 7.27. The van der Waals surface area contributed by atoms with Crippen LogP contribution in [0, 0.1) is 12.8 Å². The Morgan fingerprint density at radius 1 is 1.43 bits per heavy atom. The molecule has 23 heavy (non-hydrogen) atoms. The summed E-state index contributed by atoms with van der Waals surface area (Å²) in [4.78, 5) is 21.0. The molecule has 1 aromatic rings. The van der Waals surface area contributed by atoms with Gasteiger partial charge in [0.15, 0.2) is 0 Å². The summed E-state index contributed by atoms with van der Waals surface area (Å²) in [5.74, 6) is 0.651. The maximum atomic E-state index is 12.6. The van der Waals surface area contributed by atoms with Gasteiger partial charge in [0.2, 0.25) is 0 Å². The van der Waals surface area contributed by atoms with E-state index in [2.05, 4.69) is 22.2 Å². The Hall–Kier alpha value is -1.66. The molecule has 1 saturated heterocycles. The molecule has 0 radical (unpaired) electrons. The predicted molar refractivity (Wildman–Crippen MR) is 89.5 cm³/mol. The summed E-state index contributed by atoms with van der Waals surface area (Å²) in [7, 11) is 2.10. The van der Waals surface area contributed by atoms with Crippen LogP contribution >= 0.6 is 0 Å². The zero-order chi connectivity index (χ0) is 16.2. The Morgan fingerprint density at radius 2 is 2.26 bits per heavy atom. The zero-order valence-corrected chi connectivity index (χ0v) is 14.0. The van der Waals surface area contributed by atoms with Gasteiger partial charge in [-0.05, 0) is 44.9 Å². The number of hydrogen-bond acceptors (Lipinski definition) is 4. The van der Waals surface area contributed by atoms with Crippen molar-refractivity contribution in [2.75, 3.05) is 45.2 Å². The van der Waals surface area contributed by atoms with Gasteiger partial charge in [-0.25, -0.2) is 4.79 Å². The summed E-state index contributed by atoms with van der Waals surface area (Å²) in [6.45, 7) is 5.96. The highest BCUT2D eigenvalue weighted by Gasteiger charge is 2.29. The third-order valence-corrected chi connectivity index (χ3v) is 4.39. The molecule has 1 aliphatic heterocycles. The van der Waals surface area contributed by atoms with Crippen LogP contribution in [0.1, 0.15) is 18.5 Å². The van der Waals surface area contributed by atoms with Gasteiger partial charge in [0.25, 0.3) is 0 Å². The van der Waals surface area contributed by atoms with Crippen molar-refractivity contribution in [1.82, 2.24) is 14.8 Å². The molecule has 1 saturated carbocycles. The number of rotatable bonds is 5. The number of aromatic nitrogens is 1. The van der Waals surface area contributed by atoms with Gasteiger partial charge in [-0.3, -0.25) is 4.98 Å². The minimum absolute atomic E-state index is 0.0561. The molecule has 2 fully saturated rings. The molecule has 6 nitrogen and oxygen atoms in total. The fourth-order valence-electron chi connectivity index (χ4n) is 2.82. The maximum absolute atomic E-state index is 12.6. The van der Waals surface area contributed by atoms with E-state index in [9.17, 15) is 4.79 Å². The number of aryl methyl sites for hydroxylation is 1. The lowest BCUT2D eigenvalue weighted by Crippen LogP contribution is -2.49. The molecule has 1 aliphatic carbocycles. The molecule has 0 spiro atoms.